The number of nitrogens with zero attached hydrogens (tertiary/aromatic N) is 6. The van der Waals surface area contributed by atoms with Crippen LogP contribution in [0.3, 0.4) is 0 Å². The Morgan fingerprint density at radius 3 is 1.07 bits per heavy atom. The molecule has 9 aromatic carbocycles. The summed E-state index contributed by atoms with van der Waals surface area (Å²) >= 11 is 0. The molecular weight excluding hydrogens is 901 g/mol. The molecule has 0 aliphatic heterocycles. The zero-order valence-corrected chi connectivity index (χ0v) is 41.8. The van der Waals surface area contributed by atoms with E-state index in [1.165, 1.54) is 77.2 Å². The molecule has 2 aromatic heterocycles. The van der Waals surface area contributed by atoms with Crippen LogP contribution in [0, 0.1) is 0 Å². The molecule has 0 amide bonds. The van der Waals surface area contributed by atoms with E-state index in [2.05, 4.69) is 254 Å². The topological polar surface area (TPSA) is 58.0 Å². The maximum atomic E-state index is 4.76. The molecule has 0 bridgehead atoms. The molecule has 0 fully saturated rings. The van der Waals surface area contributed by atoms with Gasteiger partial charge in [0.1, 0.15) is 0 Å². The SMILES string of the molecule is CC1(C)c2cc(C=Cc3ccc(C=Cc4ccc5c(c4)C(C)(C)c4cc(N(c6ccc7ccccc7c6)c6cnccn6)ccc4-5)cc3)ccc2-c2ccc(N(c3ccc4ccccc4c3)c3cnccn3)cc21. The summed E-state index contributed by atoms with van der Waals surface area (Å²) in [4.78, 5) is 22.8. The summed E-state index contributed by atoms with van der Waals surface area (Å²) in [5, 5.41) is 4.77. The second-order valence-electron chi connectivity index (χ2n) is 20.5. The Labute approximate surface area is 432 Å². The van der Waals surface area contributed by atoms with Gasteiger partial charge in [0, 0.05) is 58.4 Å². The highest BCUT2D eigenvalue weighted by Crippen LogP contribution is 2.53. The van der Waals surface area contributed by atoms with Crippen LogP contribution in [0.1, 0.15) is 72.2 Å². The first-order valence-corrected chi connectivity index (χ1v) is 25.3. The van der Waals surface area contributed by atoms with E-state index in [9.17, 15) is 0 Å². The van der Waals surface area contributed by atoms with Gasteiger partial charge in [-0.15, -0.1) is 0 Å². The number of benzene rings is 9. The van der Waals surface area contributed by atoms with Gasteiger partial charge in [-0.2, -0.15) is 0 Å². The fourth-order valence-corrected chi connectivity index (χ4v) is 11.3. The zero-order chi connectivity index (χ0) is 50.0. The average Bonchev–Trinajstić information content (AvgIpc) is 3.80. The second kappa shape index (κ2) is 17.8. The van der Waals surface area contributed by atoms with E-state index in [0.717, 1.165) is 45.5 Å². The van der Waals surface area contributed by atoms with Gasteiger partial charge in [0.15, 0.2) is 11.6 Å². The van der Waals surface area contributed by atoms with Crippen molar-refractivity contribution in [1.29, 1.82) is 0 Å². The summed E-state index contributed by atoms with van der Waals surface area (Å²) in [5.41, 5.74) is 18.8. The van der Waals surface area contributed by atoms with Gasteiger partial charge in [-0.25, -0.2) is 9.97 Å². The second-order valence-corrected chi connectivity index (χ2v) is 20.5. The van der Waals surface area contributed by atoms with Gasteiger partial charge >= 0.3 is 0 Å². The lowest BCUT2D eigenvalue weighted by Gasteiger charge is -2.27. The third-order valence-electron chi connectivity index (χ3n) is 15.3. The van der Waals surface area contributed by atoms with Gasteiger partial charge in [-0.1, -0.05) is 185 Å². The zero-order valence-electron chi connectivity index (χ0n) is 41.8. The standard InChI is InChI=1S/C68H52N6/c1-67(2)61-37-47(21-29-57(61)59-31-27-55(41-63(59)67)73(65-43-69-33-35-71-65)53-25-23-49-9-5-7-11-51(49)39-53)19-17-45-13-15-46(16-14-45)18-20-48-22-30-58-60-32-28-56(42-64(60)68(3,4)62(58)38-48)74(66-44-70-34-36-72-66)54-26-24-50-10-6-8-12-52(50)40-54/h5-44H,1-4H3. The predicted octanol–water partition coefficient (Wildman–Crippen LogP) is 17.5. The van der Waals surface area contributed by atoms with Crippen LogP contribution in [0.2, 0.25) is 0 Å². The molecule has 0 saturated carbocycles. The van der Waals surface area contributed by atoms with Crippen LogP contribution >= 0.6 is 0 Å². The maximum Gasteiger partial charge on any atom is 0.156 e. The van der Waals surface area contributed by atoms with E-state index in [1.54, 1.807) is 24.8 Å². The summed E-state index contributed by atoms with van der Waals surface area (Å²) in [5.74, 6) is 1.55. The van der Waals surface area contributed by atoms with Crippen LogP contribution in [0.5, 0.6) is 0 Å². The van der Waals surface area contributed by atoms with E-state index < -0.39 is 0 Å². The Morgan fingerprint density at radius 2 is 0.662 bits per heavy atom. The minimum Gasteiger partial charge on any atom is -0.294 e. The van der Waals surface area contributed by atoms with E-state index in [4.69, 9.17) is 9.97 Å². The minimum atomic E-state index is -0.211. The fraction of sp³-hybridized carbons (Fsp3) is 0.0882. The van der Waals surface area contributed by atoms with Crippen molar-refractivity contribution in [2.45, 2.75) is 38.5 Å². The fourth-order valence-electron chi connectivity index (χ4n) is 11.3. The van der Waals surface area contributed by atoms with Crippen molar-refractivity contribution in [3.05, 3.63) is 264 Å². The summed E-state index contributed by atoms with van der Waals surface area (Å²) < 4.78 is 0. The lowest BCUT2D eigenvalue weighted by atomic mass is 9.81. The van der Waals surface area contributed by atoms with Crippen LogP contribution in [0.25, 0.3) is 68.1 Å². The quantitative estimate of drug-likeness (QED) is 0.127. The van der Waals surface area contributed by atoms with Gasteiger partial charge in [-0.05, 0) is 137 Å². The Bertz CT molecular complexity index is 3760. The third kappa shape index (κ3) is 7.83. The van der Waals surface area contributed by atoms with Crippen molar-refractivity contribution in [3.63, 3.8) is 0 Å². The predicted molar refractivity (Wildman–Crippen MR) is 308 cm³/mol. The minimum absolute atomic E-state index is 0.211. The molecule has 11 aromatic rings. The molecule has 0 N–H and O–H groups in total. The Kier molecular flexibility index (Phi) is 10.7. The molecule has 13 rings (SSSR count). The van der Waals surface area contributed by atoms with Crippen LogP contribution in [-0.4, -0.2) is 19.9 Å². The normalized spacial score (nSPS) is 13.8. The summed E-state index contributed by atoms with van der Waals surface area (Å²) in [6.07, 6.45) is 19.5. The molecule has 0 spiro atoms. The van der Waals surface area contributed by atoms with Crippen LogP contribution in [-0.2, 0) is 10.8 Å². The highest BCUT2D eigenvalue weighted by Gasteiger charge is 2.38. The highest BCUT2D eigenvalue weighted by atomic mass is 15.2. The molecule has 2 aliphatic carbocycles. The Hall–Kier alpha value is -9.26. The number of hydrogen-bond donors (Lipinski definition) is 0. The first kappa shape index (κ1) is 44.7. The lowest BCUT2D eigenvalue weighted by molar-refractivity contribution is 0.660. The van der Waals surface area contributed by atoms with Crippen molar-refractivity contribution in [2.75, 3.05) is 9.80 Å². The number of hydrogen-bond acceptors (Lipinski definition) is 6. The smallest absolute Gasteiger partial charge is 0.156 e. The number of rotatable bonds is 10. The van der Waals surface area contributed by atoms with E-state index in [0.29, 0.717) is 0 Å². The first-order chi connectivity index (χ1) is 36.2. The number of aromatic nitrogens is 4. The van der Waals surface area contributed by atoms with Crippen molar-refractivity contribution in [2.24, 2.45) is 0 Å². The Balaban J connectivity index is 0.719. The molecule has 354 valence electrons. The van der Waals surface area contributed by atoms with Gasteiger partial charge in [0.05, 0.1) is 12.4 Å². The molecule has 0 saturated heterocycles. The molecular formula is C68H52N6. The van der Waals surface area contributed by atoms with Crippen molar-refractivity contribution in [3.8, 4) is 22.3 Å². The van der Waals surface area contributed by atoms with Crippen LogP contribution in [0.4, 0.5) is 34.4 Å². The molecule has 74 heavy (non-hydrogen) atoms. The van der Waals surface area contributed by atoms with Crippen LogP contribution < -0.4 is 9.80 Å². The number of anilines is 6. The van der Waals surface area contributed by atoms with E-state index in [1.807, 2.05) is 12.4 Å². The Morgan fingerprint density at radius 1 is 0.324 bits per heavy atom. The molecule has 2 heterocycles. The first-order valence-electron chi connectivity index (χ1n) is 25.3. The highest BCUT2D eigenvalue weighted by molar-refractivity contribution is 5.93. The van der Waals surface area contributed by atoms with Gasteiger partial charge < -0.3 is 0 Å². The molecule has 6 nitrogen and oxygen atoms in total. The van der Waals surface area contributed by atoms with Gasteiger partial charge in [0.25, 0.3) is 0 Å². The number of fused-ring (bicyclic) bond motifs is 8. The monoisotopic (exact) mass is 952 g/mol. The largest absolute Gasteiger partial charge is 0.294 e. The molecule has 2 aliphatic rings. The van der Waals surface area contributed by atoms with E-state index >= 15 is 0 Å². The summed E-state index contributed by atoms with van der Waals surface area (Å²) in [6.45, 7) is 9.36. The molecule has 0 radical (unpaired) electrons. The van der Waals surface area contributed by atoms with Gasteiger partial charge in [-0.3, -0.25) is 19.8 Å². The summed E-state index contributed by atoms with van der Waals surface area (Å²) in [6, 6.07) is 66.3. The molecule has 6 heteroatoms. The maximum absolute atomic E-state index is 4.76. The summed E-state index contributed by atoms with van der Waals surface area (Å²) in [7, 11) is 0. The van der Waals surface area contributed by atoms with Crippen molar-refractivity contribution < 1.29 is 0 Å². The van der Waals surface area contributed by atoms with Crippen LogP contribution in [0.15, 0.2) is 219 Å². The molecule has 0 atom stereocenters. The van der Waals surface area contributed by atoms with Gasteiger partial charge in [0.2, 0.25) is 0 Å². The molecule has 0 unspecified atom stereocenters. The van der Waals surface area contributed by atoms with E-state index in [-0.39, 0.29) is 10.8 Å². The lowest BCUT2D eigenvalue weighted by Crippen LogP contribution is -2.17. The van der Waals surface area contributed by atoms with Crippen molar-refractivity contribution in [1.82, 2.24) is 19.9 Å². The average molecular weight is 953 g/mol. The van der Waals surface area contributed by atoms with Crippen molar-refractivity contribution >= 4 is 80.2 Å². The third-order valence-corrected chi connectivity index (χ3v) is 15.3.